The molecule has 21 heavy (non-hydrogen) atoms. The third kappa shape index (κ3) is 4.05. The zero-order valence-corrected chi connectivity index (χ0v) is 12.8. The number of nitrogens with one attached hydrogen (secondary N) is 1. The van der Waals surface area contributed by atoms with Crippen LogP contribution in [0.2, 0.25) is 0 Å². The first kappa shape index (κ1) is 13.7. The van der Waals surface area contributed by atoms with Gasteiger partial charge in [-0.15, -0.1) is 0 Å². The highest BCUT2D eigenvalue weighted by Gasteiger charge is 2.26. The standard InChI is InChI=1S/C16H26N4O/c1-2-13(1)11-19-5-7-20(8-6-19)12-16-9-15(18-21-16)10-17-14-3-4-14/h9,13-14,17H,1-8,10-12H2. The van der Waals surface area contributed by atoms with Crippen molar-refractivity contribution in [2.24, 2.45) is 5.92 Å². The van der Waals surface area contributed by atoms with E-state index in [2.05, 4.69) is 26.3 Å². The Hall–Kier alpha value is -0.910. The molecule has 2 heterocycles. The van der Waals surface area contributed by atoms with Crippen LogP contribution in [0.5, 0.6) is 0 Å². The molecule has 116 valence electrons. The second-order valence-corrected chi connectivity index (χ2v) is 6.96. The zero-order valence-electron chi connectivity index (χ0n) is 12.8. The first-order valence-corrected chi connectivity index (χ1v) is 8.48. The van der Waals surface area contributed by atoms with Crippen molar-refractivity contribution in [2.75, 3.05) is 32.7 Å². The number of hydrogen-bond donors (Lipinski definition) is 1. The smallest absolute Gasteiger partial charge is 0.151 e. The summed E-state index contributed by atoms with van der Waals surface area (Å²) < 4.78 is 5.48. The van der Waals surface area contributed by atoms with Gasteiger partial charge in [-0.05, 0) is 31.6 Å². The highest BCUT2D eigenvalue weighted by atomic mass is 16.5. The Balaban J connectivity index is 1.20. The second-order valence-electron chi connectivity index (χ2n) is 6.96. The van der Waals surface area contributed by atoms with Gasteiger partial charge < -0.3 is 14.7 Å². The molecule has 1 aromatic heterocycles. The van der Waals surface area contributed by atoms with Gasteiger partial charge >= 0.3 is 0 Å². The van der Waals surface area contributed by atoms with Crippen LogP contribution in [0, 0.1) is 5.92 Å². The first-order valence-electron chi connectivity index (χ1n) is 8.48. The Morgan fingerprint density at radius 2 is 1.86 bits per heavy atom. The van der Waals surface area contributed by atoms with Crippen molar-refractivity contribution in [2.45, 2.75) is 44.8 Å². The van der Waals surface area contributed by atoms with Gasteiger partial charge in [0.2, 0.25) is 0 Å². The van der Waals surface area contributed by atoms with Crippen molar-refractivity contribution >= 4 is 0 Å². The van der Waals surface area contributed by atoms with E-state index in [0.29, 0.717) is 0 Å². The number of piperazine rings is 1. The molecule has 1 saturated heterocycles. The van der Waals surface area contributed by atoms with E-state index < -0.39 is 0 Å². The summed E-state index contributed by atoms with van der Waals surface area (Å²) in [6, 6.07) is 2.84. The Kier molecular flexibility index (Phi) is 3.97. The number of nitrogens with zero attached hydrogens (tertiary/aromatic N) is 3. The monoisotopic (exact) mass is 290 g/mol. The number of aromatic nitrogens is 1. The molecule has 1 aliphatic heterocycles. The third-order valence-electron chi connectivity index (χ3n) is 4.81. The van der Waals surface area contributed by atoms with Crippen molar-refractivity contribution in [1.82, 2.24) is 20.3 Å². The quantitative estimate of drug-likeness (QED) is 0.823. The van der Waals surface area contributed by atoms with Gasteiger partial charge in [0.1, 0.15) is 0 Å². The molecular weight excluding hydrogens is 264 g/mol. The fourth-order valence-corrected chi connectivity index (χ4v) is 3.07. The Bertz CT molecular complexity index is 459. The highest BCUT2D eigenvalue weighted by molar-refractivity contribution is 5.06. The van der Waals surface area contributed by atoms with Crippen LogP contribution in [-0.4, -0.2) is 53.7 Å². The molecule has 1 aromatic rings. The van der Waals surface area contributed by atoms with E-state index in [1.165, 1.54) is 45.3 Å². The van der Waals surface area contributed by atoms with Crippen LogP contribution in [0.3, 0.4) is 0 Å². The molecule has 4 rings (SSSR count). The predicted molar refractivity (Wildman–Crippen MR) is 80.8 cm³/mol. The molecule has 0 radical (unpaired) electrons. The van der Waals surface area contributed by atoms with Crippen LogP contribution in [0.25, 0.3) is 0 Å². The van der Waals surface area contributed by atoms with Crippen LogP contribution in [0.4, 0.5) is 0 Å². The van der Waals surface area contributed by atoms with Crippen LogP contribution in [0.1, 0.15) is 37.1 Å². The Morgan fingerprint density at radius 1 is 1.10 bits per heavy atom. The summed E-state index contributed by atoms with van der Waals surface area (Å²) in [5, 5.41) is 7.65. The van der Waals surface area contributed by atoms with E-state index in [9.17, 15) is 0 Å². The Morgan fingerprint density at radius 3 is 2.57 bits per heavy atom. The summed E-state index contributed by atoms with van der Waals surface area (Å²) in [6.07, 6.45) is 5.54. The van der Waals surface area contributed by atoms with E-state index >= 15 is 0 Å². The maximum absolute atomic E-state index is 5.48. The summed E-state index contributed by atoms with van der Waals surface area (Å²) in [5.41, 5.74) is 1.05. The second kappa shape index (κ2) is 6.07. The minimum atomic E-state index is 0.727. The molecule has 0 aromatic carbocycles. The third-order valence-corrected chi connectivity index (χ3v) is 4.81. The van der Waals surface area contributed by atoms with E-state index in [0.717, 1.165) is 49.6 Å². The first-order chi connectivity index (χ1) is 10.3. The molecule has 5 heteroatoms. The van der Waals surface area contributed by atoms with Crippen LogP contribution in [0.15, 0.2) is 10.6 Å². The average Bonchev–Trinajstić information content (AvgIpc) is 3.41. The van der Waals surface area contributed by atoms with Crippen LogP contribution < -0.4 is 5.32 Å². The lowest BCUT2D eigenvalue weighted by Gasteiger charge is -2.34. The molecule has 5 nitrogen and oxygen atoms in total. The molecule has 2 aliphatic carbocycles. The highest BCUT2D eigenvalue weighted by Crippen LogP contribution is 2.30. The number of rotatable bonds is 7. The molecule has 3 aliphatic rings. The van der Waals surface area contributed by atoms with Crippen molar-refractivity contribution in [3.8, 4) is 0 Å². The van der Waals surface area contributed by atoms with Gasteiger partial charge in [-0.3, -0.25) is 4.90 Å². The van der Waals surface area contributed by atoms with Gasteiger partial charge in [-0.25, -0.2) is 0 Å². The lowest BCUT2D eigenvalue weighted by Crippen LogP contribution is -2.46. The molecular formula is C16H26N4O. The van der Waals surface area contributed by atoms with Crippen molar-refractivity contribution in [1.29, 1.82) is 0 Å². The van der Waals surface area contributed by atoms with Gasteiger partial charge in [0.25, 0.3) is 0 Å². The van der Waals surface area contributed by atoms with Crippen molar-refractivity contribution in [3.05, 3.63) is 17.5 Å². The fraction of sp³-hybridized carbons (Fsp3) is 0.812. The van der Waals surface area contributed by atoms with E-state index in [-0.39, 0.29) is 0 Å². The van der Waals surface area contributed by atoms with E-state index in [1.807, 2.05) is 0 Å². The molecule has 0 unspecified atom stereocenters. The van der Waals surface area contributed by atoms with Gasteiger partial charge in [-0.2, -0.15) is 0 Å². The largest absolute Gasteiger partial charge is 0.360 e. The maximum atomic E-state index is 5.48. The van der Waals surface area contributed by atoms with E-state index in [4.69, 9.17) is 4.52 Å². The van der Waals surface area contributed by atoms with Crippen LogP contribution >= 0.6 is 0 Å². The topological polar surface area (TPSA) is 44.5 Å². The van der Waals surface area contributed by atoms with Crippen LogP contribution in [-0.2, 0) is 13.1 Å². The predicted octanol–water partition coefficient (Wildman–Crippen LogP) is 1.45. The lowest BCUT2D eigenvalue weighted by atomic mass is 10.2. The minimum absolute atomic E-state index is 0.727. The zero-order chi connectivity index (χ0) is 14.1. The van der Waals surface area contributed by atoms with Gasteiger partial charge in [-0.1, -0.05) is 5.16 Å². The van der Waals surface area contributed by atoms with Gasteiger partial charge in [0, 0.05) is 51.4 Å². The molecule has 0 bridgehead atoms. The maximum Gasteiger partial charge on any atom is 0.151 e. The van der Waals surface area contributed by atoms with Gasteiger partial charge in [0.15, 0.2) is 5.76 Å². The molecule has 0 atom stereocenters. The summed E-state index contributed by atoms with van der Waals surface area (Å²) in [6.45, 7) is 7.82. The fourth-order valence-electron chi connectivity index (χ4n) is 3.07. The Labute approximate surface area is 126 Å². The SMILES string of the molecule is c1c(CNC2CC2)noc1CN1CCN(CC2CC2)CC1. The lowest BCUT2D eigenvalue weighted by molar-refractivity contribution is 0.115. The van der Waals surface area contributed by atoms with E-state index in [1.54, 1.807) is 0 Å². The normalized spacial score (nSPS) is 24.6. The van der Waals surface area contributed by atoms with Crippen molar-refractivity contribution in [3.63, 3.8) is 0 Å². The summed E-state index contributed by atoms with van der Waals surface area (Å²) in [4.78, 5) is 5.11. The molecule has 1 N–H and O–H groups in total. The average molecular weight is 290 g/mol. The molecule has 0 amide bonds. The summed E-state index contributed by atoms with van der Waals surface area (Å²) in [7, 11) is 0. The number of hydrogen-bond acceptors (Lipinski definition) is 5. The molecule has 2 saturated carbocycles. The minimum Gasteiger partial charge on any atom is -0.360 e. The van der Waals surface area contributed by atoms with Crippen molar-refractivity contribution < 1.29 is 4.52 Å². The summed E-state index contributed by atoms with van der Waals surface area (Å²) >= 11 is 0. The summed E-state index contributed by atoms with van der Waals surface area (Å²) in [5.74, 6) is 2.02. The molecule has 0 spiro atoms. The molecule has 3 fully saturated rings. The van der Waals surface area contributed by atoms with Gasteiger partial charge in [0.05, 0.1) is 12.2 Å².